The molecule has 146 valence electrons. The Morgan fingerprint density at radius 1 is 1.04 bits per heavy atom. The molecule has 0 aliphatic carbocycles. The summed E-state index contributed by atoms with van der Waals surface area (Å²) in [6.45, 7) is 0.376. The summed E-state index contributed by atoms with van der Waals surface area (Å²) in [4.78, 5) is 36.5. The van der Waals surface area contributed by atoms with Crippen molar-refractivity contribution in [1.82, 2.24) is 10.6 Å². The Morgan fingerprint density at radius 3 is 2.29 bits per heavy atom. The zero-order valence-electron chi connectivity index (χ0n) is 15.3. The fourth-order valence-electron chi connectivity index (χ4n) is 2.87. The van der Waals surface area contributed by atoms with E-state index in [2.05, 4.69) is 10.6 Å². The predicted octanol–water partition coefficient (Wildman–Crippen LogP) is 1.96. The van der Waals surface area contributed by atoms with Crippen LogP contribution in [0.1, 0.15) is 17.5 Å². The highest BCUT2D eigenvalue weighted by Gasteiger charge is 2.31. The van der Waals surface area contributed by atoms with Crippen molar-refractivity contribution in [2.75, 3.05) is 6.61 Å². The molecule has 0 aromatic heterocycles. The molecule has 2 aromatic carbocycles. The van der Waals surface area contributed by atoms with E-state index in [1.54, 1.807) is 0 Å². The number of benzene rings is 2. The van der Waals surface area contributed by atoms with Crippen LogP contribution in [-0.4, -0.2) is 36.7 Å². The van der Waals surface area contributed by atoms with Gasteiger partial charge in [0.1, 0.15) is 18.7 Å². The molecule has 2 aromatic rings. The SMILES string of the molecule is O=C(N[C@@H](Cc1ccccc1)C(=O)N[C@H]1CCOC1=O)OCc1ccccc1. The van der Waals surface area contributed by atoms with Crippen LogP contribution in [0.5, 0.6) is 0 Å². The monoisotopic (exact) mass is 382 g/mol. The highest BCUT2D eigenvalue weighted by atomic mass is 16.5. The highest BCUT2D eigenvalue weighted by molar-refractivity contribution is 5.90. The van der Waals surface area contributed by atoms with Crippen molar-refractivity contribution in [1.29, 1.82) is 0 Å². The third-order valence-corrected chi connectivity index (χ3v) is 4.36. The van der Waals surface area contributed by atoms with E-state index in [0.29, 0.717) is 6.42 Å². The summed E-state index contributed by atoms with van der Waals surface area (Å²) >= 11 is 0. The molecule has 28 heavy (non-hydrogen) atoms. The lowest BCUT2D eigenvalue weighted by atomic mass is 10.0. The number of ether oxygens (including phenoxy) is 2. The summed E-state index contributed by atoms with van der Waals surface area (Å²) in [6.07, 6.45) is -0.00962. The summed E-state index contributed by atoms with van der Waals surface area (Å²) in [5.41, 5.74) is 1.72. The predicted molar refractivity (Wildman–Crippen MR) is 101 cm³/mol. The van der Waals surface area contributed by atoms with Crippen LogP contribution >= 0.6 is 0 Å². The fourth-order valence-corrected chi connectivity index (χ4v) is 2.87. The van der Waals surface area contributed by atoms with Crippen molar-refractivity contribution in [3.05, 3.63) is 71.8 Å². The molecule has 0 radical (unpaired) electrons. The number of cyclic esters (lactones) is 1. The molecule has 7 heteroatoms. The van der Waals surface area contributed by atoms with Gasteiger partial charge in [0.2, 0.25) is 5.91 Å². The molecule has 1 fully saturated rings. The molecule has 2 amide bonds. The molecule has 0 bridgehead atoms. The van der Waals surface area contributed by atoms with E-state index in [0.717, 1.165) is 11.1 Å². The standard InChI is InChI=1S/C21H22N2O5/c24-19(22-17-11-12-27-20(17)25)18(13-15-7-3-1-4-8-15)23-21(26)28-14-16-9-5-2-6-10-16/h1-10,17-18H,11-14H2,(H,22,24)(H,23,26)/t17-,18-/m0/s1. The number of rotatable bonds is 7. The van der Waals surface area contributed by atoms with Gasteiger partial charge >= 0.3 is 12.1 Å². The zero-order valence-corrected chi connectivity index (χ0v) is 15.3. The van der Waals surface area contributed by atoms with E-state index in [-0.39, 0.29) is 19.6 Å². The lowest BCUT2D eigenvalue weighted by molar-refractivity contribution is -0.141. The van der Waals surface area contributed by atoms with Gasteiger partial charge in [-0.15, -0.1) is 0 Å². The molecule has 1 aliphatic rings. The number of alkyl carbamates (subject to hydrolysis) is 1. The molecule has 1 saturated heterocycles. The Kier molecular flexibility index (Phi) is 6.62. The molecule has 0 saturated carbocycles. The van der Waals surface area contributed by atoms with E-state index < -0.39 is 30.1 Å². The maximum atomic E-state index is 12.7. The van der Waals surface area contributed by atoms with E-state index in [9.17, 15) is 14.4 Å². The van der Waals surface area contributed by atoms with Crippen molar-refractivity contribution < 1.29 is 23.9 Å². The minimum absolute atomic E-state index is 0.0985. The second kappa shape index (κ2) is 9.55. The molecular formula is C21H22N2O5. The molecule has 1 aliphatic heterocycles. The normalized spacial score (nSPS) is 16.7. The average molecular weight is 382 g/mol. The summed E-state index contributed by atoms with van der Waals surface area (Å²) in [6, 6.07) is 17.0. The number of carbonyl (C=O) groups is 3. The first-order valence-corrected chi connectivity index (χ1v) is 9.10. The first-order chi connectivity index (χ1) is 13.6. The Bertz CT molecular complexity index is 810. The number of esters is 1. The van der Waals surface area contributed by atoms with E-state index >= 15 is 0 Å². The second-order valence-corrected chi connectivity index (χ2v) is 6.47. The minimum Gasteiger partial charge on any atom is -0.464 e. The van der Waals surface area contributed by atoms with Gasteiger partial charge in [-0.05, 0) is 11.1 Å². The van der Waals surface area contributed by atoms with Crippen molar-refractivity contribution in [3.8, 4) is 0 Å². The Hall–Kier alpha value is -3.35. The van der Waals surface area contributed by atoms with Gasteiger partial charge in [-0.3, -0.25) is 4.79 Å². The average Bonchev–Trinajstić information content (AvgIpc) is 3.12. The molecule has 7 nitrogen and oxygen atoms in total. The van der Waals surface area contributed by atoms with Gasteiger partial charge in [0, 0.05) is 12.8 Å². The number of carbonyl (C=O) groups excluding carboxylic acids is 3. The summed E-state index contributed by atoms with van der Waals surface area (Å²) in [7, 11) is 0. The third-order valence-electron chi connectivity index (χ3n) is 4.36. The van der Waals surface area contributed by atoms with Crippen LogP contribution < -0.4 is 10.6 Å². The lowest BCUT2D eigenvalue weighted by Gasteiger charge is -2.20. The maximum Gasteiger partial charge on any atom is 0.408 e. The van der Waals surface area contributed by atoms with Gasteiger partial charge in [-0.1, -0.05) is 60.7 Å². The molecule has 2 atom stereocenters. The van der Waals surface area contributed by atoms with Crippen LogP contribution in [0, 0.1) is 0 Å². The zero-order chi connectivity index (χ0) is 19.8. The van der Waals surface area contributed by atoms with Crippen molar-refractivity contribution in [2.24, 2.45) is 0 Å². The fraction of sp³-hybridized carbons (Fsp3) is 0.286. The molecule has 3 rings (SSSR count). The van der Waals surface area contributed by atoms with Crippen LogP contribution in [0.25, 0.3) is 0 Å². The van der Waals surface area contributed by atoms with Crippen LogP contribution in [0.3, 0.4) is 0 Å². The van der Waals surface area contributed by atoms with Gasteiger partial charge in [0.25, 0.3) is 0 Å². The Morgan fingerprint density at radius 2 is 1.68 bits per heavy atom. The topological polar surface area (TPSA) is 93.7 Å². The first kappa shape index (κ1) is 19.4. The van der Waals surface area contributed by atoms with Gasteiger partial charge in [0.15, 0.2) is 0 Å². The van der Waals surface area contributed by atoms with Gasteiger partial charge in [-0.25, -0.2) is 9.59 Å². The van der Waals surface area contributed by atoms with E-state index in [1.807, 2.05) is 60.7 Å². The quantitative estimate of drug-likeness (QED) is 0.714. The minimum atomic E-state index is -0.876. The van der Waals surface area contributed by atoms with Crippen molar-refractivity contribution in [3.63, 3.8) is 0 Å². The largest absolute Gasteiger partial charge is 0.464 e. The number of hydrogen-bond acceptors (Lipinski definition) is 5. The van der Waals surface area contributed by atoms with Crippen LogP contribution in [-0.2, 0) is 32.1 Å². The second-order valence-electron chi connectivity index (χ2n) is 6.47. The van der Waals surface area contributed by atoms with Gasteiger partial charge in [0.05, 0.1) is 6.61 Å². The van der Waals surface area contributed by atoms with E-state index in [4.69, 9.17) is 9.47 Å². The third kappa shape index (κ3) is 5.57. The van der Waals surface area contributed by atoms with Crippen LogP contribution in [0.15, 0.2) is 60.7 Å². The first-order valence-electron chi connectivity index (χ1n) is 9.10. The van der Waals surface area contributed by atoms with Gasteiger partial charge < -0.3 is 20.1 Å². The van der Waals surface area contributed by atoms with Crippen LogP contribution in [0.4, 0.5) is 4.79 Å². The van der Waals surface area contributed by atoms with Crippen molar-refractivity contribution in [2.45, 2.75) is 31.5 Å². The Labute approximate surface area is 163 Å². The summed E-state index contributed by atoms with van der Waals surface area (Å²) < 4.78 is 10.1. The van der Waals surface area contributed by atoms with Crippen LogP contribution in [0.2, 0.25) is 0 Å². The molecule has 1 heterocycles. The van der Waals surface area contributed by atoms with Gasteiger partial charge in [-0.2, -0.15) is 0 Å². The molecular weight excluding hydrogens is 360 g/mol. The highest BCUT2D eigenvalue weighted by Crippen LogP contribution is 2.09. The smallest absolute Gasteiger partial charge is 0.408 e. The van der Waals surface area contributed by atoms with E-state index in [1.165, 1.54) is 0 Å². The summed E-state index contributed by atoms with van der Waals surface area (Å²) in [5, 5.41) is 5.24. The summed E-state index contributed by atoms with van der Waals surface area (Å²) in [5.74, 6) is -0.914. The maximum absolute atomic E-state index is 12.7. The number of hydrogen-bond donors (Lipinski definition) is 2. The molecule has 0 spiro atoms. The molecule has 2 N–H and O–H groups in total. The van der Waals surface area contributed by atoms with Crippen molar-refractivity contribution >= 4 is 18.0 Å². The lowest BCUT2D eigenvalue weighted by Crippen LogP contribution is -2.51. The molecule has 0 unspecified atom stereocenters. The Balaban J connectivity index is 1.62. The number of nitrogens with one attached hydrogen (secondary N) is 2. The number of amides is 2.